The number of esters is 3. The minimum absolute atomic E-state index is 0. The molecule has 0 spiro atoms. The number of carbonyl (C=O) groups excluding carboxylic acids is 3. The standard InChI is InChI=1S/C19H20F2O3.2C18H19F2NO2.C15H14F2O2.C4H8O2.4CH4.HI.H2/c1-12(2)18(22)24-13(3)19(23,14-4-8-16(20)9-5-14)15-6-10-17(21)11-7-15;2*1-11(21)18(22)23-12(2)17(13-3-7-15(19)8-4-13)14-5-9-16(20)10-6-14;1-10(18)15(19,11-2-6-13(16)7-3-11)12-4-8-14(17)9-5-12;1-3(2)4(5)6;;;;;;/h4-13,23H,1-3H3;2*3-12,17H,21H2,1-2H3;2-10,18-19H,1H3;3H,1-2H3,(H,5,6);4*1H4;2*1H/t13-;2*11-,12-;10-;;;;;;;/m0000......./s1. The second kappa shape index (κ2) is 44.0. The smallest absolute Gasteiger partial charge is 0.322 e. The van der Waals surface area contributed by atoms with Gasteiger partial charge in [0.25, 0.3) is 0 Å². The molecule has 0 amide bonds. The molecule has 6 atom stereocenters. The van der Waals surface area contributed by atoms with Gasteiger partial charge in [-0.1, -0.05) is 154 Å². The van der Waals surface area contributed by atoms with Gasteiger partial charge in [-0.25, -0.2) is 35.1 Å². The summed E-state index contributed by atoms with van der Waals surface area (Å²) in [5.41, 5.74) is 12.1. The van der Waals surface area contributed by atoms with E-state index in [9.17, 15) is 69.6 Å². The zero-order chi connectivity index (χ0) is 71.1. The van der Waals surface area contributed by atoms with Crippen LogP contribution in [0.15, 0.2) is 194 Å². The lowest BCUT2D eigenvalue weighted by Crippen LogP contribution is -2.42. The highest BCUT2D eigenvalue weighted by Gasteiger charge is 2.41. The lowest BCUT2D eigenvalue weighted by atomic mass is 9.82. The van der Waals surface area contributed by atoms with Crippen molar-refractivity contribution in [2.75, 3.05) is 0 Å². The van der Waals surface area contributed by atoms with E-state index in [1.807, 2.05) is 0 Å². The molecule has 8 N–H and O–H groups in total. The fraction of sp³-hybridized carbons (Fsp3) is 0.333. The number of halogens is 9. The number of carboxylic acids is 1. The fourth-order valence-electron chi connectivity index (χ4n) is 9.36. The summed E-state index contributed by atoms with van der Waals surface area (Å²) in [7, 11) is 0. The third-order valence-electron chi connectivity index (χ3n) is 14.8. The number of hydrogen-bond acceptors (Lipinski definition) is 12. The molecule has 0 aromatic heterocycles. The van der Waals surface area contributed by atoms with Gasteiger partial charge in [-0.2, -0.15) is 0 Å². The summed E-state index contributed by atoms with van der Waals surface area (Å²) in [6, 6.07) is 43.1. The predicted octanol–water partition coefficient (Wildman–Crippen LogP) is 17.3. The van der Waals surface area contributed by atoms with Crippen LogP contribution >= 0.6 is 24.0 Å². The lowest BCUT2D eigenvalue weighted by Gasteiger charge is -2.35. The molecule has 550 valence electrons. The van der Waals surface area contributed by atoms with Crippen molar-refractivity contribution in [3.8, 4) is 0 Å². The van der Waals surface area contributed by atoms with Gasteiger partial charge in [-0.15, -0.1) is 24.0 Å². The van der Waals surface area contributed by atoms with Crippen molar-refractivity contribution < 1.29 is 90.4 Å². The van der Waals surface area contributed by atoms with Crippen molar-refractivity contribution in [1.82, 2.24) is 0 Å². The first-order valence-corrected chi connectivity index (χ1v) is 30.1. The molecule has 0 fully saturated rings. The molecule has 100 heavy (non-hydrogen) atoms. The summed E-state index contributed by atoms with van der Waals surface area (Å²) in [5, 5.41) is 39.9. The van der Waals surface area contributed by atoms with Crippen molar-refractivity contribution in [2.45, 2.75) is 158 Å². The highest BCUT2D eigenvalue weighted by Crippen LogP contribution is 2.37. The maximum atomic E-state index is 13.2. The Morgan fingerprint density at radius 2 is 0.540 bits per heavy atom. The molecule has 0 radical (unpaired) electrons. The normalized spacial score (nSPS) is 12.5. The van der Waals surface area contributed by atoms with Crippen LogP contribution in [0.5, 0.6) is 0 Å². The number of carbonyl (C=O) groups is 4. The van der Waals surface area contributed by atoms with Gasteiger partial charge in [0, 0.05) is 13.3 Å². The number of nitrogens with two attached hydrogens (primary N) is 2. The van der Waals surface area contributed by atoms with E-state index in [1.165, 1.54) is 153 Å². The Morgan fingerprint density at radius 3 is 0.710 bits per heavy atom. The molecule has 0 saturated carbocycles. The average Bonchev–Trinajstić information content (AvgIpc) is 0.782. The second-order valence-corrected chi connectivity index (χ2v) is 23.0. The van der Waals surface area contributed by atoms with Crippen LogP contribution in [0, 0.1) is 58.4 Å². The number of benzene rings is 8. The number of aliphatic carboxylic acids is 1. The molecule has 8 rings (SSSR count). The highest BCUT2D eigenvalue weighted by atomic mass is 127. The first kappa shape index (κ1) is 93.7. The highest BCUT2D eigenvalue weighted by molar-refractivity contribution is 14.0. The van der Waals surface area contributed by atoms with Crippen molar-refractivity contribution in [2.24, 2.45) is 23.3 Å². The van der Waals surface area contributed by atoms with Gasteiger partial charge in [0.05, 0.1) is 17.9 Å². The van der Waals surface area contributed by atoms with E-state index in [2.05, 4.69) is 0 Å². The number of ether oxygens (including phenoxy) is 3. The van der Waals surface area contributed by atoms with Crippen molar-refractivity contribution in [3.63, 3.8) is 0 Å². The number of aliphatic hydroxyl groups is 3. The summed E-state index contributed by atoms with van der Waals surface area (Å²) in [4.78, 5) is 45.1. The van der Waals surface area contributed by atoms with Crippen molar-refractivity contribution >= 4 is 47.9 Å². The van der Waals surface area contributed by atoms with E-state index >= 15 is 0 Å². The monoisotopic (exact) mass is 1520 g/mol. The molecule has 8 aromatic rings. The van der Waals surface area contributed by atoms with Gasteiger partial charge in [0.1, 0.15) is 82.5 Å². The maximum Gasteiger partial charge on any atom is 0.322 e. The minimum Gasteiger partial charge on any atom is -0.481 e. The zero-order valence-electron chi connectivity index (χ0n) is 54.5. The Kier molecular flexibility index (Phi) is 41.2. The van der Waals surface area contributed by atoms with E-state index in [0.717, 1.165) is 22.3 Å². The zero-order valence-corrected chi connectivity index (χ0v) is 56.8. The molecule has 0 aliphatic rings. The van der Waals surface area contributed by atoms with Gasteiger partial charge in [-0.05, 0) is 183 Å². The molecular weight excluding hydrogens is 1420 g/mol. The summed E-state index contributed by atoms with van der Waals surface area (Å²) in [5.74, 6) is -6.73. The summed E-state index contributed by atoms with van der Waals surface area (Å²) >= 11 is 0. The molecule has 0 saturated heterocycles. The van der Waals surface area contributed by atoms with Crippen LogP contribution in [-0.2, 0) is 44.6 Å². The fourth-order valence-corrected chi connectivity index (χ4v) is 9.36. The Balaban J connectivity index is -0.00000121. The van der Waals surface area contributed by atoms with Crippen LogP contribution in [0.1, 0.15) is 157 Å². The summed E-state index contributed by atoms with van der Waals surface area (Å²) in [6.07, 6.45) is -3.17. The molecule has 8 aromatic carbocycles. The third kappa shape index (κ3) is 27.6. The first-order valence-electron chi connectivity index (χ1n) is 30.1. The molecule has 0 aliphatic heterocycles. The van der Waals surface area contributed by atoms with Crippen LogP contribution in [-0.4, -0.2) is 80.8 Å². The predicted molar refractivity (Wildman–Crippen MR) is 388 cm³/mol. The number of hydrogen-bond donors (Lipinski definition) is 6. The quantitative estimate of drug-likeness (QED) is 0.0192. The van der Waals surface area contributed by atoms with Crippen LogP contribution in [0.4, 0.5) is 35.1 Å². The topological polar surface area (TPSA) is 229 Å². The Bertz CT molecular complexity index is 3370. The van der Waals surface area contributed by atoms with Gasteiger partial charge in [0.15, 0.2) is 5.60 Å². The first-order chi connectivity index (χ1) is 44.6. The van der Waals surface area contributed by atoms with Crippen LogP contribution in [0.3, 0.4) is 0 Å². The molecule has 22 heteroatoms. The number of aliphatic hydroxyl groups excluding tert-OH is 1. The third-order valence-corrected chi connectivity index (χ3v) is 14.8. The van der Waals surface area contributed by atoms with E-state index in [0.29, 0.717) is 22.3 Å². The maximum absolute atomic E-state index is 13.2. The Labute approximate surface area is 602 Å². The van der Waals surface area contributed by atoms with E-state index in [4.69, 9.17) is 30.8 Å². The Morgan fingerprint density at radius 1 is 0.350 bits per heavy atom. The van der Waals surface area contributed by atoms with Gasteiger partial charge in [-0.3, -0.25) is 19.2 Å². The summed E-state index contributed by atoms with van der Waals surface area (Å²) < 4.78 is 121. The van der Waals surface area contributed by atoms with Crippen molar-refractivity contribution in [3.05, 3.63) is 285 Å². The molecular formula is C78H99F8IN2O11. The average molecular weight is 1520 g/mol. The number of rotatable bonds is 19. The molecule has 0 bridgehead atoms. The molecule has 13 nitrogen and oxygen atoms in total. The van der Waals surface area contributed by atoms with E-state index in [1.54, 1.807) is 111 Å². The Hall–Kier alpha value is -8.39. The van der Waals surface area contributed by atoms with Crippen LogP contribution < -0.4 is 11.5 Å². The molecule has 0 unspecified atom stereocenters. The largest absolute Gasteiger partial charge is 0.481 e. The molecule has 0 heterocycles. The van der Waals surface area contributed by atoms with Crippen LogP contribution in [0.2, 0.25) is 0 Å². The molecule has 0 aliphatic carbocycles. The second-order valence-electron chi connectivity index (χ2n) is 23.0. The number of carboxylic acid groups (broad SMARTS) is 1. The van der Waals surface area contributed by atoms with Crippen LogP contribution in [0.25, 0.3) is 0 Å². The summed E-state index contributed by atoms with van der Waals surface area (Å²) in [6.45, 7) is 16.2. The lowest BCUT2D eigenvalue weighted by molar-refractivity contribution is -0.164. The van der Waals surface area contributed by atoms with Gasteiger partial charge in [0.2, 0.25) is 0 Å². The van der Waals surface area contributed by atoms with Gasteiger partial charge < -0.3 is 46.1 Å². The SMILES string of the molecule is C.C.C.C.CC(C)C(=O)O.CC(C)C(=O)O[C@@H](C)C(O)(c1ccc(F)cc1)c1ccc(F)cc1.C[C@H](N)C(=O)O[C@@H](C)C(c1ccc(F)cc1)c1ccc(F)cc1.C[C@H](N)C(=O)O[C@@H](C)C(c1ccc(F)cc1)c1ccc(F)cc1.C[C@H](O)C(O)(c1ccc(F)cc1)c1ccc(F)cc1.I.[HH]. The minimum atomic E-state index is -1.73. The van der Waals surface area contributed by atoms with Gasteiger partial charge >= 0.3 is 23.9 Å². The van der Waals surface area contributed by atoms with E-state index in [-0.39, 0.29) is 102 Å². The van der Waals surface area contributed by atoms with Crippen molar-refractivity contribution in [1.29, 1.82) is 0 Å². The van der Waals surface area contributed by atoms with E-state index < -0.39 is 94.8 Å².